The fourth-order valence-electron chi connectivity index (χ4n) is 2.72. The Bertz CT molecular complexity index is 328. The van der Waals surface area contributed by atoms with E-state index in [-0.39, 0.29) is 29.9 Å². The van der Waals surface area contributed by atoms with Crippen LogP contribution < -0.4 is 10.6 Å². The largest absolute Gasteiger partial charge is 0.357 e. The van der Waals surface area contributed by atoms with Gasteiger partial charge in [0.2, 0.25) is 5.91 Å². The van der Waals surface area contributed by atoms with Crippen LogP contribution >= 0.6 is 24.0 Å². The second kappa shape index (κ2) is 13.0. The van der Waals surface area contributed by atoms with Crippen LogP contribution in [0, 0.1) is 5.92 Å². The van der Waals surface area contributed by atoms with E-state index in [9.17, 15) is 4.79 Å². The SMILES string of the molecule is CCNC(=NCCCC1CCCC1)NCCC(=O)N(C)C.I. The molecule has 1 aliphatic rings. The molecule has 0 spiro atoms. The topological polar surface area (TPSA) is 56.7 Å². The number of rotatable bonds is 8. The molecule has 0 radical (unpaired) electrons. The lowest BCUT2D eigenvalue weighted by Gasteiger charge is -2.13. The van der Waals surface area contributed by atoms with Gasteiger partial charge >= 0.3 is 0 Å². The Labute approximate surface area is 152 Å². The Morgan fingerprint density at radius 3 is 2.50 bits per heavy atom. The maximum Gasteiger partial charge on any atom is 0.223 e. The number of guanidine groups is 1. The minimum absolute atomic E-state index is 0. The first kappa shape index (κ1) is 21.5. The van der Waals surface area contributed by atoms with Crippen molar-refractivity contribution in [2.45, 2.75) is 51.9 Å². The molecular weight excluding hydrogens is 391 g/mol. The number of amides is 1. The van der Waals surface area contributed by atoms with Crippen molar-refractivity contribution in [1.82, 2.24) is 15.5 Å². The van der Waals surface area contributed by atoms with Crippen molar-refractivity contribution in [3.63, 3.8) is 0 Å². The molecule has 0 unspecified atom stereocenters. The van der Waals surface area contributed by atoms with Crippen molar-refractivity contribution in [2.75, 3.05) is 33.7 Å². The Kier molecular flexibility index (Phi) is 12.6. The molecule has 1 fully saturated rings. The normalized spacial score (nSPS) is 15.3. The molecule has 0 bridgehead atoms. The Morgan fingerprint density at radius 2 is 1.91 bits per heavy atom. The lowest BCUT2D eigenvalue weighted by atomic mass is 10.0. The summed E-state index contributed by atoms with van der Waals surface area (Å²) in [4.78, 5) is 17.7. The predicted molar refractivity (Wildman–Crippen MR) is 104 cm³/mol. The lowest BCUT2D eigenvalue weighted by molar-refractivity contribution is -0.128. The number of nitrogens with zero attached hydrogens (tertiary/aromatic N) is 2. The first-order valence-corrected chi connectivity index (χ1v) is 8.35. The highest BCUT2D eigenvalue weighted by Gasteiger charge is 2.13. The van der Waals surface area contributed by atoms with E-state index in [4.69, 9.17) is 0 Å². The summed E-state index contributed by atoms with van der Waals surface area (Å²) in [6.45, 7) is 4.40. The molecule has 2 N–H and O–H groups in total. The van der Waals surface area contributed by atoms with E-state index in [0.29, 0.717) is 13.0 Å². The van der Waals surface area contributed by atoms with E-state index in [2.05, 4.69) is 22.5 Å². The second-order valence-electron chi connectivity index (χ2n) is 6.02. The van der Waals surface area contributed by atoms with Gasteiger partial charge in [0.15, 0.2) is 5.96 Å². The number of aliphatic imine (C=N–C) groups is 1. The van der Waals surface area contributed by atoms with Gasteiger partial charge in [-0.05, 0) is 25.7 Å². The molecule has 0 heterocycles. The fourth-order valence-corrected chi connectivity index (χ4v) is 2.72. The van der Waals surface area contributed by atoms with E-state index >= 15 is 0 Å². The van der Waals surface area contributed by atoms with Crippen LogP contribution in [0.4, 0.5) is 0 Å². The van der Waals surface area contributed by atoms with Crippen LogP contribution in [-0.2, 0) is 4.79 Å². The summed E-state index contributed by atoms with van der Waals surface area (Å²) in [7, 11) is 3.56. The van der Waals surface area contributed by atoms with Crippen molar-refractivity contribution in [2.24, 2.45) is 10.9 Å². The molecule has 0 aliphatic heterocycles. The summed E-state index contributed by atoms with van der Waals surface area (Å²) in [6, 6.07) is 0. The van der Waals surface area contributed by atoms with Gasteiger partial charge in [-0.2, -0.15) is 0 Å². The average molecular weight is 424 g/mol. The van der Waals surface area contributed by atoms with Gasteiger partial charge in [0.05, 0.1) is 0 Å². The minimum Gasteiger partial charge on any atom is -0.357 e. The average Bonchev–Trinajstić information content (AvgIpc) is 2.96. The van der Waals surface area contributed by atoms with Gasteiger partial charge in [0.25, 0.3) is 0 Å². The number of carbonyl (C=O) groups is 1. The third-order valence-corrected chi connectivity index (χ3v) is 3.99. The molecule has 5 nitrogen and oxygen atoms in total. The molecule has 0 aromatic carbocycles. The molecule has 0 aromatic rings. The smallest absolute Gasteiger partial charge is 0.223 e. The van der Waals surface area contributed by atoms with Gasteiger partial charge in [0, 0.05) is 40.2 Å². The third-order valence-electron chi connectivity index (χ3n) is 3.99. The molecule has 0 atom stereocenters. The molecule has 0 saturated heterocycles. The van der Waals surface area contributed by atoms with Crippen molar-refractivity contribution >= 4 is 35.8 Å². The monoisotopic (exact) mass is 424 g/mol. The first-order chi connectivity index (χ1) is 10.1. The van der Waals surface area contributed by atoms with Gasteiger partial charge in [-0.25, -0.2) is 0 Å². The summed E-state index contributed by atoms with van der Waals surface area (Å²) >= 11 is 0. The summed E-state index contributed by atoms with van der Waals surface area (Å²) < 4.78 is 0. The van der Waals surface area contributed by atoms with Crippen molar-refractivity contribution in [3.05, 3.63) is 0 Å². The van der Waals surface area contributed by atoms with Crippen LogP contribution in [0.5, 0.6) is 0 Å². The Morgan fingerprint density at radius 1 is 1.23 bits per heavy atom. The summed E-state index contributed by atoms with van der Waals surface area (Å²) in [5, 5.41) is 6.45. The predicted octanol–water partition coefficient (Wildman–Crippen LogP) is 2.61. The number of hydrogen-bond donors (Lipinski definition) is 2. The van der Waals surface area contributed by atoms with Crippen LogP contribution in [0.25, 0.3) is 0 Å². The summed E-state index contributed by atoms with van der Waals surface area (Å²) in [5.41, 5.74) is 0. The van der Waals surface area contributed by atoms with Gasteiger partial charge in [-0.1, -0.05) is 25.7 Å². The maximum atomic E-state index is 11.5. The number of halogens is 1. The van der Waals surface area contributed by atoms with Crippen LogP contribution in [0.15, 0.2) is 4.99 Å². The zero-order valence-corrected chi connectivity index (χ0v) is 16.7. The van der Waals surface area contributed by atoms with Gasteiger partial charge in [-0.15, -0.1) is 24.0 Å². The number of hydrogen-bond acceptors (Lipinski definition) is 2. The van der Waals surface area contributed by atoms with Gasteiger partial charge < -0.3 is 15.5 Å². The molecule has 1 aliphatic carbocycles. The Hall–Kier alpha value is -0.530. The van der Waals surface area contributed by atoms with Crippen molar-refractivity contribution < 1.29 is 4.79 Å². The second-order valence-corrected chi connectivity index (χ2v) is 6.02. The fraction of sp³-hybridized carbons (Fsp3) is 0.875. The van der Waals surface area contributed by atoms with Crippen molar-refractivity contribution in [1.29, 1.82) is 0 Å². The highest BCUT2D eigenvalue weighted by molar-refractivity contribution is 14.0. The zero-order chi connectivity index (χ0) is 15.5. The van der Waals surface area contributed by atoms with Crippen LogP contribution in [0.3, 0.4) is 0 Å². The molecule has 1 amide bonds. The summed E-state index contributed by atoms with van der Waals surface area (Å²) in [6.07, 6.45) is 8.62. The molecule has 1 saturated carbocycles. The van der Waals surface area contributed by atoms with E-state index in [0.717, 1.165) is 31.4 Å². The quantitative estimate of drug-likeness (QED) is 0.273. The van der Waals surface area contributed by atoms with E-state index in [1.165, 1.54) is 32.1 Å². The first-order valence-electron chi connectivity index (χ1n) is 8.35. The maximum absolute atomic E-state index is 11.5. The number of nitrogens with one attached hydrogen (secondary N) is 2. The van der Waals surface area contributed by atoms with E-state index < -0.39 is 0 Å². The molecule has 22 heavy (non-hydrogen) atoms. The van der Waals surface area contributed by atoms with Gasteiger partial charge in [0.1, 0.15) is 0 Å². The highest BCUT2D eigenvalue weighted by atomic mass is 127. The van der Waals surface area contributed by atoms with Crippen LogP contribution in [0.2, 0.25) is 0 Å². The molecule has 0 aromatic heterocycles. The zero-order valence-electron chi connectivity index (χ0n) is 14.4. The van der Waals surface area contributed by atoms with Crippen LogP contribution in [-0.4, -0.2) is 50.5 Å². The lowest BCUT2D eigenvalue weighted by Crippen LogP contribution is -2.39. The summed E-state index contributed by atoms with van der Waals surface area (Å²) in [5.74, 6) is 1.91. The van der Waals surface area contributed by atoms with Crippen molar-refractivity contribution in [3.8, 4) is 0 Å². The van der Waals surface area contributed by atoms with Crippen LogP contribution in [0.1, 0.15) is 51.9 Å². The van der Waals surface area contributed by atoms with Gasteiger partial charge in [-0.3, -0.25) is 9.79 Å². The third kappa shape index (κ3) is 9.48. The Balaban J connectivity index is 0.00000441. The van der Waals surface area contributed by atoms with E-state index in [1.54, 1.807) is 19.0 Å². The van der Waals surface area contributed by atoms with E-state index in [1.807, 2.05) is 0 Å². The standard InChI is InChI=1S/C16H32N4O.HI/c1-4-17-16(19-13-11-15(21)20(2)3)18-12-7-10-14-8-5-6-9-14;/h14H,4-13H2,1-3H3,(H2,17,18,19);1H. The molecule has 6 heteroatoms. The molecular formula is C16H33IN4O. The highest BCUT2D eigenvalue weighted by Crippen LogP contribution is 2.28. The minimum atomic E-state index is 0. The number of carbonyl (C=O) groups excluding carboxylic acids is 1. The molecule has 1 rings (SSSR count). The molecule has 130 valence electrons.